The van der Waals surface area contributed by atoms with Gasteiger partial charge in [-0.05, 0) is 36.4 Å². The van der Waals surface area contributed by atoms with Gasteiger partial charge in [0.1, 0.15) is 12.4 Å². The fraction of sp³-hybridized carbons (Fsp3) is 0.235. The molecule has 26 heavy (non-hydrogen) atoms. The molecule has 0 radical (unpaired) electrons. The molecule has 0 aliphatic carbocycles. The lowest BCUT2D eigenvalue weighted by atomic mass is 10.3. The van der Waals surface area contributed by atoms with E-state index in [0.29, 0.717) is 15.8 Å². The van der Waals surface area contributed by atoms with Crippen LogP contribution in [-0.4, -0.2) is 45.4 Å². The van der Waals surface area contributed by atoms with Crippen LogP contribution in [0.2, 0.25) is 10.0 Å². The van der Waals surface area contributed by atoms with E-state index >= 15 is 0 Å². The zero-order valence-electron chi connectivity index (χ0n) is 14.0. The molecule has 0 spiro atoms. The van der Waals surface area contributed by atoms with Crippen molar-refractivity contribution in [3.63, 3.8) is 0 Å². The molecule has 2 aromatic carbocycles. The molecule has 0 aliphatic rings. The number of nitrogens with zero attached hydrogens (tertiary/aromatic N) is 1. The van der Waals surface area contributed by atoms with Gasteiger partial charge >= 0.3 is 0 Å². The molecule has 6 nitrogen and oxygen atoms in total. The van der Waals surface area contributed by atoms with Crippen LogP contribution in [0.15, 0.2) is 53.4 Å². The highest BCUT2D eigenvalue weighted by Gasteiger charge is 2.22. The molecule has 140 valence electrons. The quantitative estimate of drug-likeness (QED) is 0.671. The SMILES string of the molecule is CN(CC(=O)NCCOc1ccccc1Cl)S(=O)(=O)c1ccc(Cl)cc1. The number of sulfonamides is 1. The van der Waals surface area contributed by atoms with E-state index in [4.69, 9.17) is 27.9 Å². The Morgan fingerprint density at radius 3 is 2.42 bits per heavy atom. The second-order valence-corrected chi connectivity index (χ2v) is 8.23. The van der Waals surface area contributed by atoms with Crippen molar-refractivity contribution in [2.75, 3.05) is 26.7 Å². The molecule has 0 aliphatic heterocycles. The van der Waals surface area contributed by atoms with E-state index < -0.39 is 15.9 Å². The maximum absolute atomic E-state index is 12.4. The van der Waals surface area contributed by atoms with Crippen LogP contribution in [0, 0.1) is 0 Å². The van der Waals surface area contributed by atoms with Crippen LogP contribution in [0.25, 0.3) is 0 Å². The van der Waals surface area contributed by atoms with Gasteiger partial charge in [-0.3, -0.25) is 4.79 Å². The van der Waals surface area contributed by atoms with Crippen LogP contribution < -0.4 is 10.1 Å². The molecule has 1 amide bonds. The topological polar surface area (TPSA) is 75.7 Å². The van der Waals surface area contributed by atoms with Gasteiger partial charge in [-0.15, -0.1) is 0 Å². The molecule has 0 saturated carbocycles. The summed E-state index contributed by atoms with van der Waals surface area (Å²) in [6, 6.07) is 12.7. The number of carbonyl (C=O) groups excluding carboxylic acids is 1. The van der Waals surface area contributed by atoms with Crippen molar-refractivity contribution < 1.29 is 17.9 Å². The minimum absolute atomic E-state index is 0.0688. The molecule has 2 rings (SSSR count). The number of likely N-dealkylation sites (N-methyl/N-ethyl adjacent to an activating group) is 1. The normalized spacial score (nSPS) is 11.4. The predicted octanol–water partition coefficient (Wildman–Crippen LogP) is 2.81. The van der Waals surface area contributed by atoms with Crippen molar-refractivity contribution in [2.24, 2.45) is 0 Å². The first kappa shape index (κ1) is 20.5. The monoisotopic (exact) mass is 416 g/mol. The average molecular weight is 417 g/mol. The van der Waals surface area contributed by atoms with Crippen molar-refractivity contribution in [1.82, 2.24) is 9.62 Å². The summed E-state index contributed by atoms with van der Waals surface area (Å²) in [5.41, 5.74) is 0. The van der Waals surface area contributed by atoms with Gasteiger partial charge in [0.15, 0.2) is 0 Å². The van der Waals surface area contributed by atoms with E-state index in [2.05, 4.69) is 5.32 Å². The van der Waals surface area contributed by atoms with Gasteiger partial charge in [0.05, 0.1) is 23.0 Å². The van der Waals surface area contributed by atoms with Gasteiger partial charge in [-0.2, -0.15) is 4.31 Å². The predicted molar refractivity (Wildman–Crippen MR) is 101 cm³/mol. The standard InChI is InChI=1S/C17H18Cl2N2O4S/c1-21(26(23,24)14-8-6-13(18)7-9-14)12-17(22)20-10-11-25-16-5-3-2-4-15(16)19/h2-9H,10-12H2,1H3,(H,20,22). The summed E-state index contributed by atoms with van der Waals surface area (Å²) in [5.74, 6) is 0.0821. The molecule has 0 atom stereocenters. The Hall–Kier alpha value is -1.80. The molecular weight excluding hydrogens is 399 g/mol. The summed E-state index contributed by atoms with van der Waals surface area (Å²) in [6.45, 7) is 0.124. The van der Waals surface area contributed by atoms with E-state index in [1.54, 1.807) is 24.3 Å². The first-order valence-electron chi connectivity index (χ1n) is 7.66. The molecule has 0 fully saturated rings. The number of amides is 1. The van der Waals surface area contributed by atoms with E-state index in [-0.39, 0.29) is 24.6 Å². The molecule has 2 aromatic rings. The van der Waals surface area contributed by atoms with Gasteiger partial charge < -0.3 is 10.1 Å². The van der Waals surface area contributed by atoms with Crippen LogP contribution in [0.5, 0.6) is 5.75 Å². The first-order chi connectivity index (χ1) is 12.3. The van der Waals surface area contributed by atoms with Crippen molar-refractivity contribution in [2.45, 2.75) is 4.90 Å². The Labute approximate surface area is 162 Å². The number of rotatable bonds is 8. The van der Waals surface area contributed by atoms with E-state index in [0.717, 1.165) is 4.31 Å². The number of halogens is 2. The lowest BCUT2D eigenvalue weighted by Gasteiger charge is -2.17. The lowest BCUT2D eigenvalue weighted by Crippen LogP contribution is -2.39. The minimum Gasteiger partial charge on any atom is -0.490 e. The maximum Gasteiger partial charge on any atom is 0.243 e. The van der Waals surface area contributed by atoms with Gasteiger partial charge in [0.2, 0.25) is 15.9 Å². The Bertz CT molecular complexity index is 857. The summed E-state index contributed by atoms with van der Waals surface area (Å²) in [4.78, 5) is 12.0. The van der Waals surface area contributed by atoms with Gasteiger partial charge in [0, 0.05) is 12.1 Å². The summed E-state index contributed by atoms with van der Waals surface area (Å²) >= 11 is 11.7. The van der Waals surface area contributed by atoms with Gasteiger partial charge in [-0.25, -0.2) is 8.42 Å². The third-order valence-electron chi connectivity index (χ3n) is 3.41. The lowest BCUT2D eigenvalue weighted by molar-refractivity contribution is -0.121. The van der Waals surface area contributed by atoms with Crippen LogP contribution >= 0.6 is 23.2 Å². The molecular formula is C17H18Cl2N2O4S. The highest BCUT2D eigenvalue weighted by atomic mass is 35.5. The second-order valence-electron chi connectivity index (χ2n) is 5.34. The average Bonchev–Trinajstić information content (AvgIpc) is 2.60. The molecule has 0 heterocycles. The van der Waals surface area contributed by atoms with Crippen LogP contribution in [-0.2, 0) is 14.8 Å². The molecule has 0 aromatic heterocycles. The number of ether oxygens (including phenoxy) is 1. The zero-order chi connectivity index (χ0) is 19.2. The smallest absolute Gasteiger partial charge is 0.243 e. The number of benzene rings is 2. The van der Waals surface area contributed by atoms with Gasteiger partial charge in [0.25, 0.3) is 0 Å². The number of nitrogens with one attached hydrogen (secondary N) is 1. The van der Waals surface area contributed by atoms with E-state index in [9.17, 15) is 13.2 Å². The first-order valence-corrected chi connectivity index (χ1v) is 9.86. The van der Waals surface area contributed by atoms with E-state index in [1.165, 1.54) is 31.3 Å². The largest absolute Gasteiger partial charge is 0.490 e. The van der Waals surface area contributed by atoms with Gasteiger partial charge in [-0.1, -0.05) is 35.3 Å². The second kappa shape index (κ2) is 9.23. The highest BCUT2D eigenvalue weighted by molar-refractivity contribution is 7.89. The third kappa shape index (κ3) is 5.60. The summed E-state index contributed by atoms with van der Waals surface area (Å²) in [5, 5.41) is 3.51. The fourth-order valence-electron chi connectivity index (χ4n) is 2.04. The molecule has 0 bridgehead atoms. The van der Waals surface area contributed by atoms with Crippen molar-refractivity contribution in [1.29, 1.82) is 0 Å². The summed E-state index contributed by atoms with van der Waals surface area (Å²) in [6.07, 6.45) is 0. The highest BCUT2D eigenvalue weighted by Crippen LogP contribution is 2.22. The van der Waals surface area contributed by atoms with E-state index in [1.807, 2.05) is 0 Å². The third-order valence-corrected chi connectivity index (χ3v) is 5.79. The van der Waals surface area contributed by atoms with Crippen molar-refractivity contribution >= 4 is 39.1 Å². The minimum atomic E-state index is -3.76. The Balaban J connectivity index is 1.81. The van der Waals surface area contributed by atoms with Crippen molar-refractivity contribution in [3.05, 3.63) is 58.6 Å². The molecule has 9 heteroatoms. The number of hydrogen-bond donors (Lipinski definition) is 1. The Morgan fingerprint density at radius 2 is 1.77 bits per heavy atom. The molecule has 1 N–H and O–H groups in total. The number of carbonyl (C=O) groups is 1. The van der Waals surface area contributed by atoms with Crippen LogP contribution in [0.3, 0.4) is 0 Å². The summed E-state index contributed by atoms with van der Waals surface area (Å²) in [7, 11) is -2.43. The Morgan fingerprint density at radius 1 is 1.12 bits per heavy atom. The fourth-order valence-corrected chi connectivity index (χ4v) is 3.49. The molecule has 0 saturated heterocycles. The van der Waals surface area contributed by atoms with Crippen LogP contribution in [0.4, 0.5) is 0 Å². The maximum atomic E-state index is 12.4. The van der Waals surface area contributed by atoms with Crippen molar-refractivity contribution in [3.8, 4) is 5.75 Å². The zero-order valence-corrected chi connectivity index (χ0v) is 16.3. The molecule has 0 unspecified atom stereocenters. The number of hydrogen-bond acceptors (Lipinski definition) is 4. The van der Waals surface area contributed by atoms with Crippen LogP contribution in [0.1, 0.15) is 0 Å². The summed E-state index contributed by atoms with van der Waals surface area (Å²) < 4.78 is 31.2. The number of para-hydroxylation sites is 1. The Kier molecular flexibility index (Phi) is 7.28.